The first-order chi connectivity index (χ1) is 9.06. The Balaban J connectivity index is 1.85. The van der Waals surface area contributed by atoms with Crippen LogP contribution in [0.5, 0.6) is 5.75 Å². The Morgan fingerprint density at radius 2 is 2.05 bits per heavy atom. The molecule has 1 aliphatic carbocycles. The fraction of sp³-hybridized carbons (Fsp3) is 0.533. The quantitative estimate of drug-likeness (QED) is 0.836. The van der Waals surface area contributed by atoms with Gasteiger partial charge in [-0.25, -0.2) is 0 Å². The first-order valence-electron chi connectivity index (χ1n) is 6.78. The van der Waals surface area contributed by atoms with Crippen LogP contribution in [0.2, 0.25) is 0 Å². The summed E-state index contributed by atoms with van der Waals surface area (Å²) in [4.78, 5) is 12.0. The molecule has 0 spiro atoms. The highest BCUT2D eigenvalue weighted by Crippen LogP contribution is 2.27. The highest BCUT2D eigenvalue weighted by molar-refractivity contribution is 6.20. The lowest BCUT2D eigenvalue weighted by molar-refractivity contribution is 0.0943. The summed E-state index contributed by atoms with van der Waals surface area (Å²) in [5, 5.41) is 12.8. The molecule has 0 heterocycles. The predicted octanol–water partition coefficient (Wildman–Crippen LogP) is 3.23. The summed E-state index contributed by atoms with van der Waals surface area (Å²) in [6, 6.07) is 5.00. The van der Waals surface area contributed by atoms with Gasteiger partial charge in [0.05, 0.1) is 0 Å². The van der Waals surface area contributed by atoms with Gasteiger partial charge in [-0.05, 0) is 56.2 Å². The number of halogens is 1. The van der Waals surface area contributed by atoms with E-state index >= 15 is 0 Å². The number of hydrogen-bond acceptors (Lipinski definition) is 2. The summed E-state index contributed by atoms with van der Waals surface area (Å²) >= 11 is 6.06. The minimum absolute atomic E-state index is 0.122. The lowest BCUT2D eigenvalue weighted by Gasteiger charge is -2.25. The monoisotopic (exact) mass is 281 g/mol. The Bertz CT molecular complexity index is 453. The van der Waals surface area contributed by atoms with E-state index in [9.17, 15) is 9.90 Å². The highest BCUT2D eigenvalue weighted by atomic mass is 35.5. The third kappa shape index (κ3) is 3.87. The zero-order chi connectivity index (χ0) is 13.8. The minimum atomic E-state index is -0.122. The molecular weight excluding hydrogens is 262 g/mol. The maximum absolute atomic E-state index is 12.0. The Kier molecular flexibility index (Phi) is 4.70. The van der Waals surface area contributed by atoms with E-state index in [0.717, 1.165) is 31.2 Å². The SMILES string of the molecule is Cc1ccc(C(=O)NCC2CCC(Cl)CC2)cc1O. The fourth-order valence-electron chi connectivity index (χ4n) is 2.42. The summed E-state index contributed by atoms with van der Waals surface area (Å²) in [7, 11) is 0. The van der Waals surface area contributed by atoms with E-state index in [1.54, 1.807) is 12.1 Å². The third-order valence-corrected chi connectivity index (χ3v) is 4.24. The maximum atomic E-state index is 12.0. The van der Waals surface area contributed by atoms with Crippen LogP contribution in [0.3, 0.4) is 0 Å². The Hall–Kier alpha value is -1.22. The molecular formula is C15H20ClNO2. The van der Waals surface area contributed by atoms with Crippen molar-refractivity contribution in [3.63, 3.8) is 0 Å². The van der Waals surface area contributed by atoms with Crippen molar-refractivity contribution >= 4 is 17.5 Å². The average Bonchev–Trinajstić information content (AvgIpc) is 2.41. The van der Waals surface area contributed by atoms with Crippen LogP contribution in [0.25, 0.3) is 0 Å². The molecule has 1 fully saturated rings. The number of aryl methyl sites for hydroxylation is 1. The smallest absolute Gasteiger partial charge is 0.251 e. The molecule has 3 nitrogen and oxygen atoms in total. The van der Waals surface area contributed by atoms with Crippen molar-refractivity contribution in [2.45, 2.75) is 38.0 Å². The van der Waals surface area contributed by atoms with Gasteiger partial charge in [-0.1, -0.05) is 6.07 Å². The van der Waals surface area contributed by atoms with Crippen LogP contribution in [0.15, 0.2) is 18.2 Å². The van der Waals surface area contributed by atoms with Crippen LogP contribution in [0.4, 0.5) is 0 Å². The lowest BCUT2D eigenvalue weighted by atomic mass is 9.89. The van der Waals surface area contributed by atoms with Gasteiger partial charge in [0.2, 0.25) is 0 Å². The molecule has 0 radical (unpaired) electrons. The van der Waals surface area contributed by atoms with Gasteiger partial charge in [-0.3, -0.25) is 4.79 Å². The van der Waals surface area contributed by atoms with Crippen molar-refractivity contribution in [1.82, 2.24) is 5.32 Å². The van der Waals surface area contributed by atoms with Gasteiger partial charge in [-0.15, -0.1) is 11.6 Å². The molecule has 1 saturated carbocycles. The van der Waals surface area contributed by atoms with E-state index in [0.29, 0.717) is 23.4 Å². The zero-order valence-electron chi connectivity index (χ0n) is 11.2. The summed E-state index contributed by atoms with van der Waals surface area (Å²) in [5.74, 6) is 0.566. The second-order valence-corrected chi connectivity index (χ2v) is 5.95. The average molecular weight is 282 g/mol. The van der Waals surface area contributed by atoms with E-state index in [4.69, 9.17) is 11.6 Å². The molecule has 19 heavy (non-hydrogen) atoms. The second kappa shape index (κ2) is 6.29. The summed E-state index contributed by atoms with van der Waals surface area (Å²) in [5.41, 5.74) is 1.28. The number of benzene rings is 1. The normalized spacial score (nSPS) is 23.1. The molecule has 0 saturated heterocycles. The molecule has 2 rings (SSSR count). The zero-order valence-corrected chi connectivity index (χ0v) is 11.9. The molecule has 4 heteroatoms. The van der Waals surface area contributed by atoms with Crippen LogP contribution in [-0.4, -0.2) is 22.9 Å². The molecule has 0 aromatic heterocycles. The number of carbonyl (C=O) groups excluding carboxylic acids is 1. The summed E-state index contributed by atoms with van der Waals surface area (Å²) in [6.07, 6.45) is 4.22. The molecule has 2 N–H and O–H groups in total. The Labute approximate surface area is 119 Å². The number of aromatic hydroxyl groups is 1. The standard InChI is InChI=1S/C15H20ClNO2/c1-10-2-5-12(8-14(10)18)15(19)17-9-11-3-6-13(16)7-4-11/h2,5,8,11,13,18H,3-4,6-7,9H2,1H3,(H,17,19). The number of amides is 1. The summed E-state index contributed by atoms with van der Waals surface area (Å²) in [6.45, 7) is 2.50. The Morgan fingerprint density at radius 3 is 2.68 bits per heavy atom. The van der Waals surface area contributed by atoms with E-state index in [2.05, 4.69) is 5.32 Å². The minimum Gasteiger partial charge on any atom is -0.508 e. The molecule has 1 aromatic rings. The molecule has 104 valence electrons. The van der Waals surface area contributed by atoms with Gasteiger partial charge >= 0.3 is 0 Å². The van der Waals surface area contributed by atoms with Crippen LogP contribution >= 0.6 is 11.6 Å². The molecule has 1 amide bonds. The van der Waals surface area contributed by atoms with Crippen molar-refractivity contribution in [1.29, 1.82) is 0 Å². The fourth-order valence-corrected chi connectivity index (χ4v) is 2.67. The van der Waals surface area contributed by atoms with E-state index in [1.807, 2.05) is 6.92 Å². The van der Waals surface area contributed by atoms with Crippen LogP contribution < -0.4 is 5.32 Å². The Morgan fingerprint density at radius 1 is 1.37 bits per heavy atom. The van der Waals surface area contributed by atoms with E-state index < -0.39 is 0 Å². The topological polar surface area (TPSA) is 49.3 Å². The van der Waals surface area contributed by atoms with Gasteiger partial charge in [-0.2, -0.15) is 0 Å². The van der Waals surface area contributed by atoms with Gasteiger partial charge in [0.25, 0.3) is 5.91 Å². The molecule has 0 bridgehead atoms. The van der Waals surface area contributed by atoms with Crippen molar-refractivity contribution in [3.8, 4) is 5.75 Å². The van der Waals surface area contributed by atoms with Gasteiger partial charge in [0.15, 0.2) is 0 Å². The molecule has 0 unspecified atom stereocenters. The van der Waals surface area contributed by atoms with Gasteiger partial charge < -0.3 is 10.4 Å². The van der Waals surface area contributed by atoms with E-state index in [1.165, 1.54) is 6.07 Å². The number of nitrogens with one attached hydrogen (secondary N) is 1. The number of rotatable bonds is 3. The largest absolute Gasteiger partial charge is 0.508 e. The van der Waals surface area contributed by atoms with Crippen molar-refractivity contribution in [3.05, 3.63) is 29.3 Å². The van der Waals surface area contributed by atoms with Crippen LogP contribution in [0, 0.1) is 12.8 Å². The van der Waals surface area contributed by atoms with Crippen molar-refractivity contribution in [2.24, 2.45) is 5.92 Å². The van der Waals surface area contributed by atoms with Crippen molar-refractivity contribution < 1.29 is 9.90 Å². The molecule has 1 aliphatic rings. The number of phenols is 1. The van der Waals surface area contributed by atoms with Crippen LogP contribution in [0.1, 0.15) is 41.6 Å². The number of phenolic OH excluding ortho intramolecular Hbond substituents is 1. The number of hydrogen-bond donors (Lipinski definition) is 2. The third-order valence-electron chi connectivity index (χ3n) is 3.80. The number of alkyl halides is 1. The highest BCUT2D eigenvalue weighted by Gasteiger charge is 2.20. The van der Waals surface area contributed by atoms with Crippen molar-refractivity contribution in [2.75, 3.05) is 6.54 Å². The van der Waals surface area contributed by atoms with Crippen LogP contribution in [-0.2, 0) is 0 Å². The van der Waals surface area contributed by atoms with Gasteiger partial charge in [0.1, 0.15) is 5.75 Å². The second-order valence-electron chi connectivity index (χ2n) is 5.33. The molecule has 0 aliphatic heterocycles. The molecule has 0 atom stereocenters. The lowest BCUT2D eigenvalue weighted by Crippen LogP contribution is -2.31. The van der Waals surface area contributed by atoms with E-state index in [-0.39, 0.29) is 11.7 Å². The summed E-state index contributed by atoms with van der Waals surface area (Å²) < 4.78 is 0. The first-order valence-corrected chi connectivity index (χ1v) is 7.22. The molecule has 1 aromatic carbocycles. The maximum Gasteiger partial charge on any atom is 0.251 e. The van der Waals surface area contributed by atoms with Gasteiger partial charge in [0, 0.05) is 17.5 Å². The number of carbonyl (C=O) groups is 1. The predicted molar refractivity (Wildman–Crippen MR) is 76.8 cm³/mol. The first kappa shape index (κ1) is 14.2.